The van der Waals surface area contributed by atoms with Gasteiger partial charge in [0.25, 0.3) is 5.89 Å². The summed E-state index contributed by atoms with van der Waals surface area (Å²) >= 11 is 0. The maximum absolute atomic E-state index is 11.6. The van der Waals surface area contributed by atoms with E-state index in [2.05, 4.69) is 42.2 Å². The SMILES string of the molecule is CC(=O)N1CCc2cc(-c3nnc(-c4cc(C(C)(C)C)on4)o3)ccc2C1. The zero-order valence-electron chi connectivity index (χ0n) is 15.9. The fourth-order valence-electron chi connectivity index (χ4n) is 3.13. The molecule has 0 saturated carbocycles. The van der Waals surface area contributed by atoms with Crippen LogP contribution in [0.2, 0.25) is 0 Å². The number of benzene rings is 1. The Kier molecular flexibility index (Phi) is 4.09. The molecule has 27 heavy (non-hydrogen) atoms. The molecule has 0 unspecified atom stereocenters. The predicted octanol–water partition coefficient (Wildman–Crippen LogP) is 3.59. The topological polar surface area (TPSA) is 85.3 Å². The number of nitrogens with zero attached hydrogens (tertiary/aromatic N) is 4. The maximum Gasteiger partial charge on any atom is 0.270 e. The van der Waals surface area contributed by atoms with Crippen molar-refractivity contribution in [3.8, 4) is 23.0 Å². The van der Waals surface area contributed by atoms with Crippen molar-refractivity contribution in [1.82, 2.24) is 20.3 Å². The van der Waals surface area contributed by atoms with E-state index in [4.69, 9.17) is 8.94 Å². The summed E-state index contributed by atoms with van der Waals surface area (Å²) in [5, 5.41) is 12.3. The summed E-state index contributed by atoms with van der Waals surface area (Å²) < 4.78 is 11.2. The van der Waals surface area contributed by atoms with Gasteiger partial charge in [-0.2, -0.15) is 0 Å². The van der Waals surface area contributed by atoms with E-state index in [1.165, 1.54) is 5.56 Å². The van der Waals surface area contributed by atoms with Crippen molar-refractivity contribution in [2.45, 2.75) is 46.1 Å². The first kappa shape index (κ1) is 17.5. The van der Waals surface area contributed by atoms with Crippen LogP contribution in [0.25, 0.3) is 23.0 Å². The average molecular weight is 366 g/mol. The normalized spacial score (nSPS) is 14.3. The molecule has 3 heterocycles. The van der Waals surface area contributed by atoms with Gasteiger partial charge in [-0.1, -0.05) is 32.0 Å². The van der Waals surface area contributed by atoms with Crippen molar-refractivity contribution in [3.05, 3.63) is 41.2 Å². The molecule has 0 spiro atoms. The monoisotopic (exact) mass is 366 g/mol. The van der Waals surface area contributed by atoms with E-state index in [1.54, 1.807) is 6.92 Å². The number of hydrogen-bond donors (Lipinski definition) is 0. The molecule has 1 aliphatic heterocycles. The first-order valence-corrected chi connectivity index (χ1v) is 9.00. The van der Waals surface area contributed by atoms with Crippen LogP contribution in [-0.4, -0.2) is 32.7 Å². The average Bonchev–Trinajstić information content (AvgIpc) is 3.29. The zero-order valence-corrected chi connectivity index (χ0v) is 15.9. The van der Waals surface area contributed by atoms with Crippen LogP contribution in [0, 0.1) is 0 Å². The van der Waals surface area contributed by atoms with Crippen LogP contribution in [0.15, 0.2) is 33.2 Å². The van der Waals surface area contributed by atoms with Crippen LogP contribution in [0.3, 0.4) is 0 Å². The van der Waals surface area contributed by atoms with Crippen molar-refractivity contribution in [3.63, 3.8) is 0 Å². The van der Waals surface area contributed by atoms with Crippen LogP contribution in [0.4, 0.5) is 0 Å². The van der Waals surface area contributed by atoms with Gasteiger partial charge in [0, 0.05) is 37.1 Å². The lowest BCUT2D eigenvalue weighted by molar-refractivity contribution is -0.129. The second-order valence-electron chi connectivity index (χ2n) is 7.91. The second-order valence-corrected chi connectivity index (χ2v) is 7.91. The minimum Gasteiger partial charge on any atom is -0.414 e. The highest BCUT2D eigenvalue weighted by Crippen LogP contribution is 2.30. The molecule has 0 radical (unpaired) electrons. The highest BCUT2D eigenvalue weighted by molar-refractivity contribution is 5.73. The lowest BCUT2D eigenvalue weighted by Crippen LogP contribution is -2.34. The van der Waals surface area contributed by atoms with Crippen molar-refractivity contribution in [1.29, 1.82) is 0 Å². The molecule has 1 aromatic carbocycles. The van der Waals surface area contributed by atoms with E-state index < -0.39 is 0 Å². The quantitative estimate of drug-likeness (QED) is 0.689. The number of hydrogen-bond acceptors (Lipinski definition) is 6. The van der Waals surface area contributed by atoms with Crippen LogP contribution in [-0.2, 0) is 23.2 Å². The molecule has 3 aromatic rings. The van der Waals surface area contributed by atoms with Crippen molar-refractivity contribution in [2.75, 3.05) is 6.54 Å². The van der Waals surface area contributed by atoms with E-state index in [1.807, 2.05) is 23.1 Å². The van der Waals surface area contributed by atoms with E-state index >= 15 is 0 Å². The molecule has 0 atom stereocenters. The number of fused-ring (bicyclic) bond motifs is 1. The molecule has 140 valence electrons. The van der Waals surface area contributed by atoms with Crippen LogP contribution in [0.1, 0.15) is 44.6 Å². The van der Waals surface area contributed by atoms with Gasteiger partial charge in [-0.15, -0.1) is 10.2 Å². The minimum absolute atomic E-state index is 0.105. The first-order chi connectivity index (χ1) is 12.8. The number of carbonyl (C=O) groups excluding carboxylic acids is 1. The molecule has 4 rings (SSSR count). The number of aromatic nitrogens is 3. The van der Waals surface area contributed by atoms with Gasteiger partial charge < -0.3 is 13.8 Å². The Morgan fingerprint density at radius 1 is 1.11 bits per heavy atom. The molecule has 7 heteroatoms. The summed E-state index contributed by atoms with van der Waals surface area (Å²) in [6.07, 6.45) is 0.821. The Balaban J connectivity index is 1.59. The first-order valence-electron chi connectivity index (χ1n) is 9.00. The summed E-state index contributed by atoms with van der Waals surface area (Å²) in [4.78, 5) is 13.4. The van der Waals surface area contributed by atoms with Crippen molar-refractivity contribution in [2.24, 2.45) is 0 Å². The number of amides is 1. The van der Waals surface area contributed by atoms with E-state index in [0.29, 0.717) is 24.0 Å². The molecular formula is C20H22N4O3. The molecule has 1 amide bonds. The largest absolute Gasteiger partial charge is 0.414 e. The lowest BCUT2D eigenvalue weighted by atomic mass is 9.93. The molecule has 0 bridgehead atoms. The minimum atomic E-state index is -0.139. The van der Waals surface area contributed by atoms with Gasteiger partial charge in [-0.25, -0.2) is 0 Å². The van der Waals surface area contributed by atoms with Gasteiger partial charge in [0.05, 0.1) is 0 Å². The standard InChI is InChI=1S/C20H22N4O3/c1-12(25)24-8-7-13-9-14(5-6-15(13)11-24)18-21-22-19(26-18)16-10-17(27-23-16)20(2,3)4/h5-6,9-10H,7-8,11H2,1-4H3. The van der Waals surface area contributed by atoms with Crippen LogP contribution >= 0.6 is 0 Å². The molecule has 0 N–H and O–H groups in total. The van der Waals surface area contributed by atoms with Crippen molar-refractivity contribution >= 4 is 5.91 Å². The Morgan fingerprint density at radius 3 is 2.59 bits per heavy atom. The predicted molar refractivity (Wildman–Crippen MR) is 98.7 cm³/mol. The number of carbonyl (C=O) groups is 1. The van der Waals surface area contributed by atoms with Gasteiger partial charge in [-0.3, -0.25) is 4.79 Å². The molecule has 1 aliphatic rings. The van der Waals surface area contributed by atoms with Crippen LogP contribution in [0.5, 0.6) is 0 Å². The van der Waals surface area contributed by atoms with E-state index in [9.17, 15) is 4.79 Å². The maximum atomic E-state index is 11.6. The Hall–Kier alpha value is -2.96. The third-order valence-electron chi connectivity index (χ3n) is 4.80. The third kappa shape index (κ3) is 3.37. The fourth-order valence-corrected chi connectivity index (χ4v) is 3.13. The Labute approximate surface area is 157 Å². The molecule has 7 nitrogen and oxygen atoms in total. The molecular weight excluding hydrogens is 344 g/mol. The summed E-state index contributed by atoms with van der Waals surface area (Å²) in [6, 6.07) is 7.87. The van der Waals surface area contributed by atoms with Gasteiger partial charge >= 0.3 is 0 Å². The summed E-state index contributed by atoms with van der Waals surface area (Å²) in [5.41, 5.74) is 3.63. The summed E-state index contributed by atoms with van der Waals surface area (Å²) in [6.45, 7) is 9.14. The van der Waals surface area contributed by atoms with E-state index in [-0.39, 0.29) is 11.3 Å². The van der Waals surface area contributed by atoms with Gasteiger partial charge in [0.2, 0.25) is 11.8 Å². The highest BCUT2D eigenvalue weighted by atomic mass is 16.5. The van der Waals surface area contributed by atoms with Gasteiger partial charge in [0.15, 0.2) is 5.69 Å². The molecule has 0 saturated heterocycles. The molecule has 0 fully saturated rings. The number of rotatable bonds is 2. The van der Waals surface area contributed by atoms with Crippen LogP contribution < -0.4 is 0 Å². The van der Waals surface area contributed by atoms with Gasteiger partial charge in [0.1, 0.15) is 5.76 Å². The lowest BCUT2D eigenvalue weighted by Gasteiger charge is -2.28. The molecule has 2 aromatic heterocycles. The summed E-state index contributed by atoms with van der Waals surface area (Å²) in [7, 11) is 0. The Morgan fingerprint density at radius 2 is 1.89 bits per heavy atom. The smallest absolute Gasteiger partial charge is 0.270 e. The zero-order chi connectivity index (χ0) is 19.2. The molecule has 0 aliphatic carbocycles. The second kappa shape index (κ2) is 6.33. The highest BCUT2D eigenvalue weighted by Gasteiger charge is 2.23. The fraction of sp³-hybridized carbons (Fsp3) is 0.400. The third-order valence-corrected chi connectivity index (χ3v) is 4.80. The summed E-state index contributed by atoms with van der Waals surface area (Å²) in [5.74, 6) is 1.65. The van der Waals surface area contributed by atoms with Gasteiger partial charge in [-0.05, 0) is 29.7 Å². The Bertz CT molecular complexity index is 997. The van der Waals surface area contributed by atoms with E-state index in [0.717, 1.165) is 29.9 Å². The van der Waals surface area contributed by atoms with Crippen molar-refractivity contribution < 1.29 is 13.7 Å².